The van der Waals surface area contributed by atoms with Crippen LogP contribution in [0.1, 0.15) is 31.4 Å². The molecule has 1 aromatic carbocycles. The van der Waals surface area contributed by atoms with Crippen LogP contribution in [-0.2, 0) is 4.79 Å². The molecule has 1 heterocycles. The summed E-state index contributed by atoms with van der Waals surface area (Å²) in [5, 5.41) is 13.1. The molecule has 4 rings (SSSR count). The molecule has 2 aromatic rings. The highest BCUT2D eigenvalue weighted by Gasteiger charge is 2.37. The Morgan fingerprint density at radius 1 is 1.33 bits per heavy atom. The second kappa shape index (κ2) is 7.03. The molecule has 0 saturated heterocycles. The van der Waals surface area contributed by atoms with E-state index in [1.54, 1.807) is 13.0 Å². The minimum absolute atomic E-state index is 0.0367. The number of carbonyl (C=O) groups is 1. The van der Waals surface area contributed by atoms with Crippen LogP contribution in [0.3, 0.4) is 0 Å². The molecule has 0 radical (unpaired) electrons. The van der Waals surface area contributed by atoms with Crippen LogP contribution in [0.4, 0.5) is 14.5 Å². The van der Waals surface area contributed by atoms with Crippen LogP contribution in [0.2, 0.25) is 0 Å². The van der Waals surface area contributed by atoms with Gasteiger partial charge in [-0.2, -0.15) is 0 Å². The number of carboxylic acid groups (broad SMARTS) is 1. The number of carboxylic acids is 1. The topological polar surface area (TPSA) is 65.5 Å². The Labute approximate surface area is 156 Å². The van der Waals surface area contributed by atoms with E-state index in [0.717, 1.165) is 31.1 Å². The third-order valence-corrected chi connectivity index (χ3v) is 5.52. The molecule has 2 saturated carbocycles. The molecule has 0 amide bonds. The van der Waals surface area contributed by atoms with Crippen LogP contribution in [0.15, 0.2) is 18.2 Å². The van der Waals surface area contributed by atoms with Gasteiger partial charge in [0.05, 0.1) is 6.54 Å². The summed E-state index contributed by atoms with van der Waals surface area (Å²) in [5.41, 5.74) is 1.40. The molecule has 5 nitrogen and oxygen atoms in total. The first-order valence-corrected chi connectivity index (χ1v) is 9.38. The summed E-state index contributed by atoms with van der Waals surface area (Å²) in [6.07, 6.45) is 4.06. The molecule has 0 atom stereocenters. The van der Waals surface area contributed by atoms with Crippen molar-refractivity contribution in [1.82, 2.24) is 9.88 Å². The second-order valence-corrected chi connectivity index (χ2v) is 7.80. The summed E-state index contributed by atoms with van der Waals surface area (Å²) in [5.74, 6) is -1.98. The van der Waals surface area contributed by atoms with Crippen molar-refractivity contribution in [2.24, 2.45) is 5.92 Å². The molecular formula is C20H23F2N3O2. The lowest BCUT2D eigenvalue weighted by atomic mass is 9.85. The lowest BCUT2D eigenvalue weighted by Crippen LogP contribution is -2.52. The van der Waals surface area contributed by atoms with Gasteiger partial charge in [-0.3, -0.25) is 9.69 Å². The van der Waals surface area contributed by atoms with Crippen LogP contribution in [0.5, 0.6) is 0 Å². The van der Waals surface area contributed by atoms with Crippen LogP contribution in [0, 0.1) is 24.5 Å². The highest BCUT2D eigenvalue weighted by Crippen LogP contribution is 2.36. The van der Waals surface area contributed by atoms with Crippen LogP contribution in [0.25, 0.3) is 10.9 Å². The van der Waals surface area contributed by atoms with Gasteiger partial charge in [0.1, 0.15) is 5.52 Å². The number of hydrogen-bond acceptors (Lipinski definition) is 4. The van der Waals surface area contributed by atoms with Crippen LogP contribution >= 0.6 is 0 Å². The van der Waals surface area contributed by atoms with E-state index in [-0.39, 0.29) is 24.1 Å². The Balaban J connectivity index is 1.46. The maximum Gasteiger partial charge on any atom is 0.317 e. The number of aromatic nitrogens is 1. The zero-order valence-corrected chi connectivity index (χ0v) is 15.2. The summed E-state index contributed by atoms with van der Waals surface area (Å²) in [4.78, 5) is 17.3. The molecule has 2 aliphatic rings. The predicted molar refractivity (Wildman–Crippen MR) is 98.8 cm³/mol. The first-order valence-electron chi connectivity index (χ1n) is 9.38. The van der Waals surface area contributed by atoms with Crippen molar-refractivity contribution in [2.45, 2.75) is 44.7 Å². The molecule has 0 aliphatic heterocycles. The van der Waals surface area contributed by atoms with E-state index < -0.39 is 17.6 Å². The normalized spacial score (nSPS) is 22.1. The maximum absolute atomic E-state index is 14.1. The van der Waals surface area contributed by atoms with Gasteiger partial charge in [-0.1, -0.05) is 0 Å². The Kier molecular flexibility index (Phi) is 4.72. The highest BCUT2D eigenvalue weighted by atomic mass is 19.2. The van der Waals surface area contributed by atoms with Crippen molar-refractivity contribution in [3.8, 4) is 0 Å². The number of benzene rings is 1. The summed E-state index contributed by atoms with van der Waals surface area (Å²) >= 11 is 0. The summed E-state index contributed by atoms with van der Waals surface area (Å²) in [7, 11) is 0. The van der Waals surface area contributed by atoms with Crippen molar-refractivity contribution in [3.05, 3.63) is 35.5 Å². The standard InChI is InChI=1S/C20H23F2N3O2/c1-11-6-17(15-4-5-16(21)19(22)20(15)23-11)24-13-7-14(8-13)25(10-18(26)27)9-12-2-3-12/h4-6,12-14H,2-3,7-10H2,1H3,(H,23,24)(H,26,27). The lowest BCUT2D eigenvalue weighted by Gasteiger charge is -2.43. The zero-order valence-electron chi connectivity index (χ0n) is 15.2. The van der Waals surface area contributed by atoms with Gasteiger partial charge in [-0.25, -0.2) is 13.8 Å². The van der Waals surface area contributed by atoms with Crippen LogP contribution in [-0.4, -0.2) is 46.1 Å². The van der Waals surface area contributed by atoms with E-state index in [1.807, 2.05) is 6.07 Å². The van der Waals surface area contributed by atoms with E-state index >= 15 is 0 Å². The SMILES string of the molecule is Cc1cc(NC2CC(N(CC(=O)O)CC3CC3)C2)c2ccc(F)c(F)c2n1. The van der Waals surface area contributed by atoms with Crippen molar-refractivity contribution < 1.29 is 18.7 Å². The lowest BCUT2D eigenvalue weighted by molar-refractivity contribution is -0.139. The predicted octanol–water partition coefficient (Wildman–Crippen LogP) is 3.56. The summed E-state index contributed by atoms with van der Waals surface area (Å²) < 4.78 is 27.6. The molecule has 0 unspecified atom stereocenters. The molecule has 0 bridgehead atoms. The van der Waals surface area contributed by atoms with Crippen molar-refractivity contribution in [1.29, 1.82) is 0 Å². The Bertz CT molecular complexity index is 879. The second-order valence-electron chi connectivity index (χ2n) is 7.80. The first-order chi connectivity index (χ1) is 12.9. The molecule has 0 spiro atoms. The van der Waals surface area contributed by atoms with E-state index in [2.05, 4.69) is 15.2 Å². The number of aryl methyl sites for hydroxylation is 1. The largest absolute Gasteiger partial charge is 0.480 e. The number of anilines is 1. The van der Waals surface area contributed by atoms with Gasteiger partial charge in [0.15, 0.2) is 11.6 Å². The van der Waals surface area contributed by atoms with Gasteiger partial charge >= 0.3 is 5.97 Å². The minimum Gasteiger partial charge on any atom is -0.480 e. The molecule has 7 heteroatoms. The maximum atomic E-state index is 14.1. The van der Waals surface area contributed by atoms with E-state index in [4.69, 9.17) is 5.11 Å². The average molecular weight is 375 g/mol. The number of rotatable bonds is 7. The number of nitrogens with one attached hydrogen (secondary N) is 1. The molecule has 2 aliphatic carbocycles. The average Bonchev–Trinajstić information content (AvgIpc) is 3.37. The molecule has 2 fully saturated rings. The van der Waals surface area contributed by atoms with Gasteiger partial charge in [0, 0.05) is 35.4 Å². The Morgan fingerprint density at radius 3 is 2.74 bits per heavy atom. The Morgan fingerprint density at radius 2 is 2.07 bits per heavy atom. The fourth-order valence-electron chi connectivity index (χ4n) is 3.85. The van der Waals surface area contributed by atoms with E-state index in [9.17, 15) is 13.6 Å². The smallest absolute Gasteiger partial charge is 0.317 e. The minimum atomic E-state index is -0.928. The summed E-state index contributed by atoms with van der Waals surface area (Å²) in [6, 6.07) is 4.94. The molecular weight excluding hydrogens is 352 g/mol. The molecule has 1 aromatic heterocycles. The molecule has 2 N–H and O–H groups in total. The quantitative estimate of drug-likeness (QED) is 0.775. The molecule has 27 heavy (non-hydrogen) atoms. The number of halogens is 2. The van der Waals surface area contributed by atoms with Gasteiger partial charge in [0.2, 0.25) is 0 Å². The fraction of sp³-hybridized carbons (Fsp3) is 0.500. The van der Waals surface area contributed by atoms with Crippen molar-refractivity contribution in [3.63, 3.8) is 0 Å². The fourth-order valence-corrected chi connectivity index (χ4v) is 3.85. The number of nitrogens with zero attached hydrogens (tertiary/aromatic N) is 2. The van der Waals surface area contributed by atoms with Crippen molar-refractivity contribution >= 4 is 22.6 Å². The van der Waals surface area contributed by atoms with Gasteiger partial charge in [0.25, 0.3) is 0 Å². The van der Waals surface area contributed by atoms with Crippen LogP contribution < -0.4 is 5.32 Å². The first kappa shape index (κ1) is 18.1. The van der Waals surface area contributed by atoms with Gasteiger partial charge in [-0.05, 0) is 56.7 Å². The van der Waals surface area contributed by atoms with E-state index in [0.29, 0.717) is 17.0 Å². The number of fused-ring (bicyclic) bond motifs is 1. The Hall–Kier alpha value is -2.28. The monoisotopic (exact) mass is 375 g/mol. The highest BCUT2D eigenvalue weighted by molar-refractivity contribution is 5.92. The third kappa shape index (κ3) is 3.88. The van der Waals surface area contributed by atoms with E-state index in [1.165, 1.54) is 12.8 Å². The number of hydrogen-bond donors (Lipinski definition) is 2. The number of aliphatic carboxylic acids is 1. The van der Waals surface area contributed by atoms with Gasteiger partial charge in [-0.15, -0.1) is 0 Å². The number of pyridine rings is 1. The third-order valence-electron chi connectivity index (χ3n) is 5.52. The molecule has 144 valence electrons. The van der Waals surface area contributed by atoms with Gasteiger partial charge < -0.3 is 10.4 Å². The van der Waals surface area contributed by atoms with Crippen molar-refractivity contribution in [2.75, 3.05) is 18.4 Å². The summed E-state index contributed by atoms with van der Waals surface area (Å²) in [6.45, 7) is 2.68. The zero-order chi connectivity index (χ0) is 19.1.